The zero-order valence-corrected chi connectivity index (χ0v) is 32.6. The highest BCUT2D eigenvalue weighted by Crippen LogP contribution is 2.44. The Morgan fingerprint density at radius 1 is 0.383 bits per heavy atom. The molecule has 4 heterocycles. The molecule has 2 aliphatic heterocycles. The van der Waals surface area contributed by atoms with Crippen molar-refractivity contribution in [3.63, 3.8) is 0 Å². The van der Waals surface area contributed by atoms with E-state index in [0.29, 0.717) is 0 Å². The van der Waals surface area contributed by atoms with Crippen molar-refractivity contribution < 1.29 is 0 Å². The minimum atomic E-state index is -0.0287. The molecule has 0 saturated carbocycles. The van der Waals surface area contributed by atoms with Crippen molar-refractivity contribution in [1.82, 2.24) is 14.1 Å². The quantitative estimate of drug-likeness (QED) is 0.158. The highest BCUT2D eigenvalue weighted by molar-refractivity contribution is 7.00. The summed E-state index contributed by atoms with van der Waals surface area (Å²) in [5, 5.41) is 2.51. The molecule has 0 amide bonds. The van der Waals surface area contributed by atoms with E-state index < -0.39 is 0 Å². The number of rotatable bonds is 6. The summed E-state index contributed by atoms with van der Waals surface area (Å²) >= 11 is 0. The second-order valence-electron chi connectivity index (χ2n) is 16.0. The molecule has 2 aromatic heterocycles. The molecule has 13 rings (SSSR count). The summed E-state index contributed by atoms with van der Waals surface area (Å²) in [4.78, 5) is 7.84. The van der Waals surface area contributed by atoms with Gasteiger partial charge < -0.3 is 9.47 Å². The van der Waals surface area contributed by atoms with Crippen molar-refractivity contribution in [1.29, 1.82) is 0 Å². The second kappa shape index (κ2) is 12.8. The Morgan fingerprint density at radius 3 is 1.60 bits per heavy atom. The Balaban J connectivity index is 1.21. The van der Waals surface area contributed by atoms with E-state index in [2.05, 4.69) is 226 Å². The van der Waals surface area contributed by atoms with E-state index in [9.17, 15) is 0 Å². The maximum atomic E-state index is 5.45. The van der Waals surface area contributed by atoms with Crippen LogP contribution in [-0.4, -0.2) is 20.8 Å². The monoisotopic (exact) mass is 762 g/mol. The van der Waals surface area contributed by atoms with E-state index in [0.717, 1.165) is 45.2 Å². The minimum Gasteiger partial charge on any atom is -0.310 e. The fourth-order valence-corrected chi connectivity index (χ4v) is 10.1. The lowest BCUT2D eigenvalue weighted by molar-refractivity contribution is 1.09. The number of nitrogens with zero attached hydrogens (tertiary/aromatic N) is 4. The molecule has 2 aliphatic rings. The smallest absolute Gasteiger partial charge is 0.252 e. The van der Waals surface area contributed by atoms with Gasteiger partial charge in [-0.3, -0.25) is 4.57 Å². The predicted octanol–water partition coefficient (Wildman–Crippen LogP) is 11.7. The molecular weight excluding hydrogens is 727 g/mol. The number of anilines is 3. The summed E-state index contributed by atoms with van der Waals surface area (Å²) in [6, 6.07) is 77.3. The predicted molar refractivity (Wildman–Crippen MR) is 251 cm³/mol. The third-order valence-corrected chi connectivity index (χ3v) is 12.6. The van der Waals surface area contributed by atoms with Gasteiger partial charge in [0.25, 0.3) is 6.71 Å². The summed E-state index contributed by atoms with van der Waals surface area (Å²) in [5.74, 6) is 0.945. The Bertz CT molecular complexity index is 3430. The number of hydrogen-bond acceptors (Lipinski definition) is 2. The van der Waals surface area contributed by atoms with Crippen LogP contribution in [0.25, 0.3) is 77.9 Å². The Morgan fingerprint density at radius 2 is 0.950 bits per heavy atom. The van der Waals surface area contributed by atoms with Crippen LogP contribution in [0.1, 0.15) is 0 Å². The lowest BCUT2D eigenvalue weighted by Crippen LogP contribution is -2.59. The van der Waals surface area contributed by atoms with Gasteiger partial charge in [0.05, 0.1) is 22.2 Å². The van der Waals surface area contributed by atoms with Crippen molar-refractivity contribution in [3.8, 4) is 45.0 Å². The highest BCUT2D eigenvalue weighted by Gasteiger charge is 2.42. The number of benzene rings is 9. The molecule has 5 heteroatoms. The molecule has 60 heavy (non-hydrogen) atoms. The van der Waals surface area contributed by atoms with Gasteiger partial charge in [0, 0.05) is 44.6 Å². The van der Waals surface area contributed by atoms with Crippen LogP contribution in [0, 0.1) is 0 Å². The minimum absolute atomic E-state index is 0.0287. The Kier molecular flexibility index (Phi) is 7.07. The van der Waals surface area contributed by atoms with E-state index in [1.54, 1.807) is 0 Å². The van der Waals surface area contributed by atoms with E-state index in [-0.39, 0.29) is 6.71 Å². The lowest BCUT2D eigenvalue weighted by Gasteiger charge is -2.36. The first-order valence-electron chi connectivity index (χ1n) is 20.7. The van der Waals surface area contributed by atoms with Crippen LogP contribution in [0.3, 0.4) is 0 Å². The van der Waals surface area contributed by atoms with Gasteiger partial charge >= 0.3 is 0 Å². The molecule has 0 atom stereocenters. The molecular formula is C55H35BN4. The molecule has 4 nitrogen and oxygen atoms in total. The summed E-state index contributed by atoms with van der Waals surface area (Å²) in [5.41, 5.74) is 20.1. The average molecular weight is 763 g/mol. The summed E-state index contributed by atoms with van der Waals surface area (Å²) in [6.45, 7) is -0.0287. The SMILES string of the molecule is c1ccc(-c2ccc3c(c2)c2cc(-c4ccccc4)cc4c2n3-c2cc(N(c3ccccc3)c3ccccc3)cc3c2B4c2cccc4nc(-c5ccccc5)n-3c24)cc1. The van der Waals surface area contributed by atoms with Crippen LogP contribution in [0.4, 0.5) is 17.1 Å². The molecule has 0 unspecified atom stereocenters. The van der Waals surface area contributed by atoms with Gasteiger partial charge in [0.15, 0.2) is 0 Å². The number of hydrogen-bond donors (Lipinski definition) is 0. The average Bonchev–Trinajstić information content (AvgIpc) is 3.88. The highest BCUT2D eigenvalue weighted by atomic mass is 15.2. The van der Waals surface area contributed by atoms with Gasteiger partial charge in [0.2, 0.25) is 0 Å². The largest absolute Gasteiger partial charge is 0.310 e. The normalized spacial score (nSPS) is 12.3. The summed E-state index contributed by atoms with van der Waals surface area (Å²) in [7, 11) is 0. The number of imidazole rings is 1. The van der Waals surface area contributed by atoms with Crippen LogP contribution in [0.2, 0.25) is 0 Å². The van der Waals surface area contributed by atoms with Crippen LogP contribution < -0.4 is 21.3 Å². The first-order chi connectivity index (χ1) is 29.8. The Hall–Kier alpha value is -7.89. The van der Waals surface area contributed by atoms with Crippen molar-refractivity contribution in [2.75, 3.05) is 4.90 Å². The third kappa shape index (κ3) is 4.77. The zero-order valence-electron chi connectivity index (χ0n) is 32.6. The van der Waals surface area contributed by atoms with E-state index in [1.807, 2.05) is 0 Å². The van der Waals surface area contributed by atoms with Gasteiger partial charge in [-0.2, -0.15) is 0 Å². The number of fused-ring (bicyclic) bond motifs is 7. The molecule has 0 fully saturated rings. The first-order valence-corrected chi connectivity index (χ1v) is 20.7. The molecule has 0 radical (unpaired) electrons. The summed E-state index contributed by atoms with van der Waals surface area (Å²) < 4.78 is 5.02. The summed E-state index contributed by atoms with van der Waals surface area (Å²) in [6.07, 6.45) is 0. The number of aromatic nitrogens is 3. The molecule has 11 aromatic rings. The van der Waals surface area contributed by atoms with Crippen LogP contribution >= 0.6 is 0 Å². The van der Waals surface area contributed by atoms with E-state index in [4.69, 9.17) is 4.98 Å². The van der Waals surface area contributed by atoms with Crippen LogP contribution in [0.15, 0.2) is 212 Å². The zero-order chi connectivity index (χ0) is 39.3. The van der Waals surface area contributed by atoms with Gasteiger partial charge in [-0.1, -0.05) is 152 Å². The molecule has 0 aliphatic carbocycles. The lowest BCUT2D eigenvalue weighted by atomic mass is 9.34. The Labute approximate surface area is 348 Å². The molecule has 278 valence electrons. The fraction of sp³-hybridized carbons (Fsp3) is 0. The van der Waals surface area contributed by atoms with Gasteiger partial charge in [-0.25, -0.2) is 4.98 Å². The maximum absolute atomic E-state index is 5.45. The molecule has 0 N–H and O–H groups in total. The van der Waals surface area contributed by atoms with Crippen molar-refractivity contribution in [2.45, 2.75) is 0 Å². The third-order valence-electron chi connectivity index (χ3n) is 12.6. The standard InChI is InChI=1S/C55H35BN4/c1-6-17-36(18-7-1)39-29-30-49-44(31-39)45-32-40(37-19-8-2-9-20-37)33-47-53(45)59(49)50-34-43(58(41-23-12-4-13-24-41)42-25-14-5-15-26-42)35-51-52(50)56(47)46-27-16-28-48-54(46)60(51)55(57-48)38-21-10-3-11-22-38/h1-35H. The topological polar surface area (TPSA) is 26.0 Å². The van der Waals surface area contributed by atoms with E-state index >= 15 is 0 Å². The van der Waals surface area contributed by atoms with Gasteiger partial charge in [0.1, 0.15) is 5.82 Å². The molecule has 0 saturated heterocycles. The molecule has 9 aromatic carbocycles. The van der Waals surface area contributed by atoms with Gasteiger partial charge in [-0.15, -0.1) is 0 Å². The van der Waals surface area contributed by atoms with Crippen molar-refractivity contribution >= 4 is 73.0 Å². The van der Waals surface area contributed by atoms with Gasteiger partial charge in [-0.05, 0) is 99.3 Å². The van der Waals surface area contributed by atoms with Crippen molar-refractivity contribution in [2.24, 2.45) is 0 Å². The molecule has 0 spiro atoms. The second-order valence-corrected chi connectivity index (χ2v) is 16.0. The van der Waals surface area contributed by atoms with Crippen LogP contribution in [0.5, 0.6) is 0 Å². The van der Waals surface area contributed by atoms with Crippen molar-refractivity contribution in [3.05, 3.63) is 212 Å². The van der Waals surface area contributed by atoms with Crippen LogP contribution in [-0.2, 0) is 0 Å². The number of para-hydroxylation sites is 3. The van der Waals surface area contributed by atoms with E-state index in [1.165, 1.54) is 66.1 Å². The molecule has 0 bridgehead atoms. The maximum Gasteiger partial charge on any atom is 0.252 e. The fourth-order valence-electron chi connectivity index (χ4n) is 10.1. The first kappa shape index (κ1) is 33.1.